The van der Waals surface area contributed by atoms with Crippen LogP contribution < -0.4 is 11.1 Å². The summed E-state index contributed by atoms with van der Waals surface area (Å²) >= 11 is 0. The van der Waals surface area contributed by atoms with Crippen molar-refractivity contribution >= 4 is 29.2 Å². The first-order valence-corrected chi connectivity index (χ1v) is 10.7. The van der Waals surface area contributed by atoms with Crippen LogP contribution in [0.25, 0.3) is 0 Å². The number of hydrogen-bond donors (Lipinski definition) is 3. The van der Waals surface area contributed by atoms with Gasteiger partial charge in [-0.1, -0.05) is 62.4 Å². The lowest BCUT2D eigenvalue weighted by atomic mass is 10.0. The maximum absolute atomic E-state index is 13.4. The van der Waals surface area contributed by atoms with E-state index in [2.05, 4.69) is 20.3 Å². The zero-order valence-corrected chi connectivity index (χ0v) is 19.0. The molecule has 9 heteroatoms. The fourth-order valence-electron chi connectivity index (χ4n) is 3.13. The van der Waals surface area contributed by atoms with Gasteiger partial charge in [0, 0.05) is 11.1 Å². The minimum Gasteiger partial charge on any atom is -0.405 e. The average molecular weight is 461 g/mol. The van der Waals surface area contributed by atoms with Gasteiger partial charge in [-0.05, 0) is 25.1 Å². The number of aryl methyl sites for hydroxylation is 1. The first-order chi connectivity index (χ1) is 16.4. The van der Waals surface area contributed by atoms with Gasteiger partial charge in [0.2, 0.25) is 12.1 Å². The molecule has 1 aromatic heterocycles. The number of anilines is 1. The maximum Gasteiger partial charge on any atom is 0.291 e. The fraction of sp³-hybridized carbons (Fsp3) is 0.160. The molecule has 0 fully saturated rings. The number of hydrogen-bond acceptors (Lipinski definition) is 6. The number of benzodiazepines with no additional fused rings is 1. The number of fused-ring (bicyclic) bond motifs is 1. The molecule has 1 atom stereocenters. The molecule has 174 valence electrons. The highest BCUT2D eigenvalue weighted by molar-refractivity contribution is 6.19. The molecule has 1 unspecified atom stereocenters. The summed E-state index contributed by atoms with van der Waals surface area (Å²) in [5.74, 6) is -1.43. The summed E-state index contributed by atoms with van der Waals surface area (Å²) in [5.41, 5.74) is 8.74. The van der Waals surface area contributed by atoms with E-state index < -0.39 is 29.8 Å². The van der Waals surface area contributed by atoms with Crippen LogP contribution in [-0.2, 0) is 9.53 Å². The lowest BCUT2D eigenvalue weighted by molar-refractivity contribution is -0.117. The summed E-state index contributed by atoms with van der Waals surface area (Å²) in [6.45, 7) is 5.47. The zero-order chi connectivity index (χ0) is 24.7. The van der Waals surface area contributed by atoms with E-state index in [-0.39, 0.29) is 11.4 Å². The molecule has 3 aromatic rings. The first kappa shape index (κ1) is 24.2. The van der Waals surface area contributed by atoms with Crippen LogP contribution in [-0.4, -0.2) is 34.7 Å². The number of aliphatic imine (C=N–C) groups is 2. The van der Waals surface area contributed by atoms with Gasteiger partial charge in [-0.3, -0.25) is 10.2 Å². The summed E-state index contributed by atoms with van der Waals surface area (Å²) in [6, 6.07) is 18.7. The Morgan fingerprint density at radius 3 is 2.47 bits per heavy atom. The Morgan fingerprint density at radius 1 is 1.09 bits per heavy atom. The molecule has 2 heterocycles. The van der Waals surface area contributed by atoms with Crippen molar-refractivity contribution in [3.05, 3.63) is 95.1 Å². The first-order valence-electron chi connectivity index (χ1n) is 10.7. The number of halogens is 1. The Hall–Kier alpha value is -4.40. The van der Waals surface area contributed by atoms with E-state index in [0.717, 1.165) is 11.1 Å². The Bertz CT molecular complexity index is 1260. The number of carbonyl (C=O) groups is 1. The van der Waals surface area contributed by atoms with E-state index in [9.17, 15) is 9.18 Å². The molecule has 4 rings (SSSR count). The molecule has 0 bridgehead atoms. The fourth-order valence-corrected chi connectivity index (χ4v) is 3.13. The van der Waals surface area contributed by atoms with Crippen LogP contribution in [0.5, 0.6) is 0 Å². The number of amidine groups is 1. The summed E-state index contributed by atoms with van der Waals surface area (Å²) in [5, 5.41) is 10.8. The van der Waals surface area contributed by atoms with Gasteiger partial charge < -0.3 is 15.8 Å². The highest BCUT2D eigenvalue weighted by Gasteiger charge is 2.26. The van der Waals surface area contributed by atoms with Crippen molar-refractivity contribution in [1.82, 2.24) is 4.98 Å². The minimum absolute atomic E-state index is 0.0771. The number of nitrogens with two attached hydrogens (primary N) is 1. The van der Waals surface area contributed by atoms with Gasteiger partial charge in [0.25, 0.3) is 11.9 Å². The minimum atomic E-state index is -1.24. The molecule has 0 aliphatic carbocycles. The molecule has 1 amide bonds. The highest BCUT2D eigenvalue weighted by Crippen LogP contribution is 2.24. The Kier molecular flexibility index (Phi) is 7.81. The number of ether oxygens (including phenoxy) is 1. The maximum atomic E-state index is 13.4. The number of nitrogens with zero attached hydrogens (tertiary/aromatic N) is 3. The van der Waals surface area contributed by atoms with E-state index in [1.165, 1.54) is 19.1 Å². The number of amides is 1. The van der Waals surface area contributed by atoms with Crippen LogP contribution in [0.2, 0.25) is 0 Å². The van der Waals surface area contributed by atoms with Gasteiger partial charge in [0.1, 0.15) is 11.5 Å². The van der Waals surface area contributed by atoms with E-state index in [1.807, 2.05) is 62.4 Å². The normalized spacial score (nSPS) is 15.1. The van der Waals surface area contributed by atoms with Crippen LogP contribution in [0, 0.1) is 18.2 Å². The van der Waals surface area contributed by atoms with E-state index in [0.29, 0.717) is 11.4 Å². The monoisotopic (exact) mass is 460 g/mol. The molecule has 0 spiro atoms. The molecular formula is C25H25FN6O2. The van der Waals surface area contributed by atoms with Crippen molar-refractivity contribution in [2.75, 3.05) is 5.32 Å². The van der Waals surface area contributed by atoms with Gasteiger partial charge in [-0.25, -0.2) is 14.4 Å². The smallest absolute Gasteiger partial charge is 0.291 e. The van der Waals surface area contributed by atoms with Crippen molar-refractivity contribution in [1.29, 1.82) is 5.41 Å². The summed E-state index contributed by atoms with van der Waals surface area (Å²) in [6.07, 6.45) is -1.24. The number of aromatic nitrogens is 1. The van der Waals surface area contributed by atoms with Crippen LogP contribution in [0.1, 0.15) is 36.4 Å². The quantitative estimate of drug-likeness (QED) is 0.403. The van der Waals surface area contributed by atoms with Crippen LogP contribution in [0.15, 0.2) is 76.7 Å². The van der Waals surface area contributed by atoms with Crippen LogP contribution >= 0.6 is 0 Å². The number of nitrogens with one attached hydrogen (secondary N) is 2. The molecule has 2 aromatic carbocycles. The number of para-hydroxylation sites is 1. The van der Waals surface area contributed by atoms with Crippen molar-refractivity contribution in [3.63, 3.8) is 0 Å². The predicted octanol–water partition coefficient (Wildman–Crippen LogP) is 4.03. The highest BCUT2D eigenvalue weighted by atomic mass is 19.1. The summed E-state index contributed by atoms with van der Waals surface area (Å²) in [4.78, 5) is 25.3. The third-order valence-electron chi connectivity index (χ3n) is 4.68. The van der Waals surface area contributed by atoms with Crippen molar-refractivity contribution in [2.24, 2.45) is 15.7 Å². The van der Waals surface area contributed by atoms with Gasteiger partial charge >= 0.3 is 0 Å². The number of carbonyl (C=O) groups excluding carboxylic acids is 1. The largest absolute Gasteiger partial charge is 0.405 e. The molecule has 1 aliphatic rings. The van der Waals surface area contributed by atoms with Crippen molar-refractivity contribution in [3.8, 4) is 0 Å². The Labute approximate surface area is 196 Å². The van der Waals surface area contributed by atoms with Crippen molar-refractivity contribution < 1.29 is 13.9 Å². The SMILES string of the molecule is CC.Cc1nc(C(=N)O/C(N)=N/C2N=C(c3ccccc3)c3ccccc3NC2=O)ccc1F. The van der Waals surface area contributed by atoms with Gasteiger partial charge in [-0.15, -0.1) is 0 Å². The second kappa shape index (κ2) is 11.0. The second-order valence-corrected chi connectivity index (χ2v) is 6.91. The summed E-state index contributed by atoms with van der Waals surface area (Å²) in [7, 11) is 0. The second-order valence-electron chi connectivity index (χ2n) is 6.91. The molecule has 0 saturated carbocycles. The lowest BCUT2D eigenvalue weighted by Gasteiger charge is -2.10. The number of rotatable bonds is 3. The number of pyridine rings is 1. The standard InChI is InChI=1S/C23H19FN6O2.C2H6/c1-13-16(24)11-12-18(27-13)20(25)32-23(26)30-21-22(31)28-17-10-6-5-9-15(17)19(29-21)14-7-3-2-4-8-14;1-2/h2-12,21,25H,1H3,(H2,26,30)(H,28,31);1-2H3. The Morgan fingerprint density at radius 2 is 1.76 bits per heavy atom. The zero-order valence-electron chi connectivity index (χ0n) is 19.0. The summed E-state index contributed by atoms with van der Waals surface area (Å²) < 4.78 is 18.6. The van der Waals surface area contributed by atoms with Gasteiger partial charge in [0.15, 0.2) is 0 Å². The third kappa shape index (κ3) is 5.50. The number of benzene rings is 2. The molecule has 0 radical (unpaired) electrons. The van der Waals surface area contributed by atoms with E-state index in [4.69, 9.17) is 15.9 Å². The van der Waals surface area contributed by atoms with Gasteiger partial charge in [0.05, 0.1) is 17.1 Å². The molecule has 34 heavy (non-hydrogen) atoms. The van der Waals surface area contributed by atoms with Gasteiger partial charge in [-0.2, -0.15) is 4.99 Å². The van der Waals surface area contributed by atoms with Crippen LogP contribution in [0.4, 0.5) is 10.1 Å². The topological polar surface area (TPSA) is 126 Å². The average Bonchev–Trinajstić information content (AvgIpc) is 2.98. The molecule has 4 N–H and O–H groups in total. The molecular weight excluding hydrogens is 435 g/mol. The predicted molar refractivity (Wildman–Crippen MR) is 131 cm³/mol. The Balaban J connectivity index is 0.00000158. The van der Waals surface area contributed by atoms with E-state index >= 15 is 0 Å². The molecule has 1 aliphatic heterocycles. The van der Waals surface area contributed by atoms with Crippen LogP contribution in [0.3, 0.4) is 0 Å². The molecule has 0 saturated heterocycles. The van der Waals surface area contributed by atoms with Crippen molar-refractivity contribution in [2.45, 2.75) is 26.9 Å². The lowest BCUT2D eigenvalue weighted by Crippen LogP contribution is -2.29. The molecule has 8 nitrogen and oxygen atoms in total. The third-order valence-corrected chi connectivity index (χ3v) is 4.68. The van der Waals surface area contributed by atoms with E-state index in [1.54, 1.807) is 6.07 Å².